The Bertz CT molecular complexity index is 348. The number of hydrogen-bond acceptors (Lipinski definition) is 3. The first-order chi connectivity index (χ1) is 8.88. The summed E-state index contributed by atoms with van der Waals surface area (Å²) in [5.41, 5.74) is 0. The van der Waals surface area contributed by atoms with Crippen LogP contribution >= 0.6 is 0 Å². The Morgan fingerprint density at radius 2 is 2.11 bits per heavy atom. The molecule has 1 aromatic heterocycles. The highest BCUT2D eigenvalue weighted by atomic mass is 16.5. The van der Waals surface area contributed by atoms with Crippen LogP contribution in [0.15, 0.2) is 18.2 Å². The normalized spacial score (nSPS) is 16.5. The number of pyridine rings is 1. The molecular formula is C15H24N2O. The molecule has 0 bridgehead atoms. The Morgan fingerprint density at radius 3 is 2.89 bits per heavy atom. The topological polar surface area (TPSA) is 34.1 Å². The van der Waals surface area contributed by atoms with Gasteiger partial charge in [-0.15, -0.1) is 0 Å². The molecule has 2 rings (SSSR count). The average molecular weight is 248 g/mol. The van der Waals surface area contributed by atoms with Crippen molar-refractivity contribution in [1.82, 2.24) is 4.98 Å². The molecule has 0 saturated heterocycles. The number of nitrogens with zero attached hydrogens (tertiary/aromatic N) is 1. The molecule has 1 heterocycles. The highest BCUT2D eigenvalue weighted by Crippen LogP contribution is 2.26. The minimum atomic E-state index is 0.665. The van der Waals surface area contributed by atoms with E-state index in [2.05, 4.69) is 10.3 Å². The third kappa shape index (κ3) is 4.21. The SMILES string of the molecule is CCOc1cccc(NCCC2CCCCC2)n1. The number of anilines is 1. The third-order valence-electron chi connectivity index (χ3n) is 3.60. The van der Waals surface area contributed by atoms with Crippen LogP contribution in [0.5, 0.6) is 5.88 Å². The summed E-state index contributed by atoms with van der Waals surface area (Å²) in [6.07, 6.45) is 8.36. The summed E-state index contributed by atoms with van der Waals surface area (Å²) < 4.78 is 5.39. The van der Waals surface area contributed by atoms with Gasteiger partial charge in [-0.1, -0.05) is 38.2 Å². The molecule has 0 radical (unpaired) electrons. The number of rotatable bonds is 6. The van der Waals surface area contributed by atoms with Crippen LogP contribution in [0, 0.1) is 5.92 Å². The predicted octanol–water partition coefficient (Wildman–Crippen LogP) is 3.86. The zero-order chi connectivity index (χ0) is 12.6. The van der Waals surface area contributed by atoms with Crippen molar-refractivity contribution in [3.8, 4) is 5.88 Å². The maximum atomic E-state index is 5.39. The van der Waals surface area contributed by atoms with E-state index in [9.17, 15) is 0 Å². The van der Waals surface area contributed by atoms with Gasteiger partial charge < -0.3 is 10.1 Å². The summed E-state index contributed by atoms with van der Waals surface area (Å²) in [6.45, 7) is 3.66. The van der Waals surface area contributed by atoms with E-state index < -0.39 is 0 Å². The van der Waals surface area contributed by atoms with E-state index in [4.69, 9.17) is 4.74 Å². The van der Waals surface area contributed by atoms with Gasteiger partial charge in [-0.2, -0.15) is 4.98 Å². The molecular weight excluding hydrogens is 224 g/mol. The van der Waals surface area contributed by atoms with Crippen molar-refractivity contribution in [1.29, 1.82) is 0 Å². The van der Waals surface area contributed by atoms with Crippen LogP contribution in [0.4, 0.5) is 5.82 Å². The van der Waals surface area contributed by atoms with Gasteiger partial charge in [0.1, 0.15) is 5.82 Å². The van der Waals surface area contributed by atoms with Gasteiger partial charge in [0, 0.05) is 12.6 Å². The second-order valence-electron chi connectivity index (χ2n) is 5.01. The van der Waals surface area contributed by atoms with E-state index in [1.807, 2.05) is 25.1 Å². The lowest BCUT2D eigenvalue weighted by Gasteiger charge is -2.21. The van der Waals surface area contributed by atoms with Gasteiger partial charge in [-0.3, -0.25) is 0 Å². The highest BCUT2D eigenvalue weighted by molar-refractivity contribution is 5.36. The fourth-order valence-corrected chi connectivity index (χ4v) is 2.62. The molecule has 1 aliphatic carbocycles. The standard InChI is InChI=1S/C15H24N2O/c1-2-18-15-10-6-9-14(17-15)16-12-11-13-7-4-3-5-8-13/h6,9-10,13H,2-5,7-8,11-12H2,1H3,(H,16,17). The fourth-order valence-electron chi connectivity index (χ4n) is 2.62. The summed E-state index contributed by atoms with van der Waals surface area (Å²) in [5, 5.41) is 3.40. The lowest BCUT2D eigenvalue weighted by molar-refractivity contribution is 0.327. The number of hydrogen-bond donors (Lipinski definition) is 1. The zero-order valence-electron chi connectivity index (χ0n) is 11.3. The van der Waals surface area contributed by atoms with E-state index in [0.29, 0.717) is 12.5 Å². The highest BCUT2D eigenvalue weighted by Gasteiger charge is 2.12. The Labute approximate surface area is 110 Å². The van der Waals surface area contributed by atoms with Crippen LogP contribution in [0.3, 0.4) is 0 Å². The van der Waals surface area contributed by atoms with Gasteiger partial charge in [0.15, 0.2) is 0 Å². The van der Waals surface area contributed by atoms with E-state index in [0.717, 1.165) is 18.3 Å². The first-order valence-electron chi connectivity index (χ1n) is 7.22. The summed E-state index contributed by atoms with van der Waals surface area (Å²) in [7, 11) is 0. The minimum absolute atomic E-state index is 0.665. The van der Waals surface area contributed by atoms with Crippen molar-refractivity contribution in [2.24, 2.45) is 5.92 Å². The molecule has 0 amide bonds. The first-order valence-corrected chi connectivity index (χ1v) is 7.22. The second-order valence-corrected chi connectivity index (χ2v) is 5.01. The van der Waals surface area contributed by atoms with Crippen molar-refractivity contribution in [2.45, 2.75) is 45.4 Å². The van der Waals surface area contributed by atoms with Crippen molar-refractivity contribution in [3.63, 3.8) is 0 Å². The van der Waals surface area contributed by atoms with E-state index >= 15 is 0 Å². The molecule has 1 N–H and O–H groups in total. The van der Waals surface area contributed by atoms with Crippen molar-refractivity contribution in [2.75, 3.05) is 18.5 Å². The maximum Gasteiger partial charge on any atom is 0.215 e. The van der Waals surface area contributed by atoms with E-state index in [-0.39, 0.29) is 0 Å². The summed E-state index contributed by atoms with van der Waals surface area (Å²) in [5.74, 6) is 2.55. The Hall–Kier alpha value is -1.25. The molecule has 1 aromatic rings. The van der Waals surface area contributed by atoms with Crippen LogP contribution in [0.1, 0.15) is 45.4 Å². The third-order valence-corrected chi connectivity index (χ3v) is 3.60. The van der Waals surface area contributed by atoms with Crippen LogP contribution < -0.4 is 10.1 Å². The van der Waals surface area contributed by atoms with Gasteiger partial charge >= 0.3 is 0 Å². The smallest absolute Gasteiger partial charge is 0.215 e. The molecule has 0 spiro atoms. The lowest BCUT2D eigenvalue weighted by Crippen LogP contribution is -2.12. The van der Waals surface area contributed by atoms with Gasteiger partial charge in [0.05, 0.1) is 6.61 Å². The summed E-state index contributed by atoms with van der Waals surface area (Å²) >= 11 is 0. The van der Waals surface area contributed by atoms with E-state index in [1.165, 1.54) is 38.5 Å². The largest absolute Gasteiger partial charge is 0.478 e. The molecule has 0 aliphatic heterocycles. The number of ether oxygens (including phenoxy) is 1. The van der Waals surface area contributed by atoms with Gasteiger partial charge in [-0.25, -0.2) is 0 Å². The predicted molar refractivity (Wildman–Crippen MR) is 75.1 cm³/mol. The van der Waals surface area contributed by atoms with Crippen LogP contribution in [0.25, 0.3) is 0 Å². The Kier molecular flexibility index (Phi) is 5.31. The monoisotopic (exact) mass is 248 g/mol. The number of aromatic nitrogens is 1. The van der Waals surface area contributed by atoms with Crippen LogP contribution in [0.2, 0.25) is 0 Å². The zero-order valence-corrected chi connectivity index (χ0v) is 11.3. The maximum absolute atomic E-state index is 5.39. The van der Waals surface area contributed by atoms with Gasteiger partial charge in [0.25, 0.3) is 0 Å². The molecule has 3 nitrogen and oxygen atoms in total. The molecule has 1 saturated carbocycles. The first kappa shape index (κ1) is 13.2. The molecule has 1 fully saturated rings. The molecule has 100 valence electrons. The molecule has 1 aliphatic rings. The molecule has 18 heavy (non-hydrogen) atoms. The molecule has 3 heteroatoms. The van der Waals surface area contributed by atoms with E-state index in [1.54, 1.807) is 0 Å². The Morgan fingerprint density at radius 1 is 1.28 bits per heavy atom. The summed E-state index contributed by atoms with van der Waals surface area (Å²) in [4.78, 5) is 4.41. The van der Waals surface area contributed by atoms with Crippen LogP contribution in [-0.2, 0) is 0 Å². The van der Waals surface area contributed by atoms with Crippen molar-refractivity contribution >= 4 is 5.82 Å². The fraction of sp³-hybridized carbons (Fsp3) is 0.667. The minimum Gasteiger partial charge on any atom is -0.478 e. The van der Waals surface area contributed by atoms with Crippen LogP contribution in [-0.4, -0.2) is 18.1 Å². The number of nitrogens with one attached hydrogen (secondary N) is 1. The summed E-state index contributed by atoms with van der Waals surface area (Å²) in [6, 6.07) is 5.89. The quantitative estimate of drug-likeness (QED) is 0.830. The average Bonchev–Trinajstić information content (AvgIpc) is 2.41. The van der Waals surface area contributed by atoms with Gasteiger partial charge in [0.2, 0.25) is 5.88 Å². The van der Waals surface area contributed by atoms with Gasteiger partial charge in [-0.05, 0) is 25.3 Å². The molecule has 0 aromatic carbocycles. The van der Waals surface area contributed by atoms with Crippen molar-refractivity contribution < 1.29 is 4.74 Å². The molecule has 0 unspecified atom stereocenters. The second kappa shape index (κ2) is 7.24. The Balaban J connectivity index is 1.73. The van der Waals surface area contributed by atoms with Crippen molar-refractivity contribution in [3.05, 3.63) is 18.2 Å². The lowest BCUT2D eigenvalue weighted by atomic mass is 9.87. The molecule has 0 atom stereocenters.